The molecule has 0 spiro atoms. The minimum Gasteiger partial charge on any atom is -0.481 e. The van der Waals surface area contributed by atoms with Crippen LogP contribution in [0.1, 0.15) is 16.1 Å². The number of fused-ring (bicyclic) bond motifs is 1. The van der Waals surface area contributed by atoms with Crippen LogP contribution < -0.4 is 4.74 Å². The Bertz CT molecular complexity index is 979. The van der Waals surface area contributed by atoms with Crippen LogP contribution >= 0.6 is 15.9 Å². The molecule has 0 amide bonds. The number of furan rings is 1. The summed E-state index contributed by atoms with van der Waals surface area (Å²) in [5.74, 6) is -1.12. The van der Waals surface area contributed by atoms with Crippen LogP contribution in [0.3, 0.4) is 0 Å². The van der Waals surface area contributed by atoms with Crippen molar-refractivity contribution in [2.24, 2.45) is 0 Å². The number of halogens is 2. The number of ether oxygens (including phenoxy) is 2. The number of aryl methyl sites for hydroxylation is 1. The Morgan fingerprint density at radius 1 is 1.15 bits per heavy atom. The van der Waals surface area contributed by atoms with Gasteiger partial charge in [0, 0.05) is 10.9 Å². The molecule has 1 aromatic heterocycles. The van der Waals surface area contributed by atoms with Crippen molar-refractivity contribution in [2.45, 2.75) is 6.92 Å². The Kier molecular flexibility index (Phi) is 5.37. The summed E-state index contributed by atoms with van der Waals surface area (Å²) >= 11 is 3.13. The van der Waals surface area contributed by atoms with Gasteiger partial charge in [0.2, 0.25) is 5.78 Å². The molecule has 0 N–H and O–H groups in total. The lowest BCUT2D eigenvalue weighted by Gasteiger charge is -2.08. The standard InChI is InChI=1S/C19H14BrFO5/c1-11-13-4-2-3-5-16(13)26-19(11)15(22)9-25-18(23)10-24-17-7-6-12(21)8-14(17)20/h2-8H,9-10H2,1H3. The Hall–Kier alpha value is -2.67. The number of hydrogen-bond donors (Lipinski definition) is 0. The van der Waals surface area contributed by atoms with Crippen molar-refractivity contribution in [1.29, 1.82) is 0 Å². The number of esters is 1. The molecule has 7 heteroatoms. The Labute approximate surface area is 156 Å². The van der Waals surface area contributed by atoms with E-state index in [4.69, 9.17) is 13.9 Å². The predicted molar refractivity (Wildman–Crippen MR) is 95.8 cm³/mol. The van der Waals surface area contributed by atoms with E-state index in [1.54, 1.807) is 13.0 Å². The second-order valence-corrected chi connectivity index (χ2v) is 6.35. The van der Waals surface area contributed by atoms with E-state index < -0.39 is 30.8 Å². The molecule has 5 nitrogen and oxygen atoms in total. The summed E-state index contributed by atoms with van der Waals surface area (Å²) in [6.07, 6.45) is 0. The lowest BCUT2D eigenvalue weighted by atomic mass is 10.1. The fourth-order valence-corrected chi connectivity index (χ4v) is 2.89. The van der Waals surface area contributed by atoms with E-state index in [1.807, 2.05) is 18.2 Å². The number of Topliss-reactive ketones (excluding diaryl/α,β-unsaturated/α-hetero) is 1. The first kappa shape index (κ1) is 18.1. The highest BCUT2D eigenvalue weighted by molar-refractivity contribution is 9.10. The molecule has 0 aliphatic rings. The minimum atomic E-state index is -0.719. The molecule has 0 aliphatic carbocycles. The molecule has 0 unspecified atom stereocenters. The quantitative estimate of drug-likeness (QED) is 0.435. The summed E-state index contributed by atoms with van der Waals surface area (Å²) < 4.78 is 29.1. The van der Waals surface area contributed by atoms with E-state index in [1.165, 1.54) is 18.2 Å². The van der Waals surface area contributed by atoms with Crippen molar-refractivity contribution < 1.29 is 27.9 Å². The summed E-state index contributed by atoms with van der Waals surface area (Å²) in [7, 11) is 0. The van der Waals surface area contributed by atoms with Crippen molar-refractivity contribution in [1.82, 2.24) is 0 Å². The van der Waals surface area contributed by atoms with Gasteiger partial charge in [-0.05, 0) is 47.1 Å². The first-order chi connectivity index (χ1) is 12.5. The molecule has 0 saturated heterocycles. The summed E-state index contributed by atoms with van der Waals surface area (Å²) in [5, 5.41) is 0.840. The third-order valence-electron chi connectivity index (χ3n) is 3.70. The van der Waals surface area contributed by atoms with Gasteiger partial charge >= 0.3 is 5.97 Å². The molecular formula is C19H14BrFO5. The molecular weight excluding hydrogens is 407 g/mol. The average molecular weight is 421 g/mol. The Morgan fingerprint density at radius 2 is 1.92 bits per heavy atom. The van der Waals surface area contributed by atoms with Crippen LogP contribution in [0.25, 0.3) is 11.0 Å². The Balaban J connectivity index is 1.56. The van der Waals surface area contributed by atoms with Crippen molar-refractivity contribution in [3.05, 3.63) is 64.1 Å². The zero-order valence-corrected chi connectivity index (χ0v) is 15.3. The number of ketones is 1. The number of hydrogen-bond acceptors (Lipinski definition) is 5. The van der Waals surface area contributed by atoms with Crippen LogP contribution in [-0.4, -0.2) is 25.0 Å². The van der Waals surface area contributed by atoms with Gasteiger partial charge in [0.15, 0.2) is 19.0 Å². The molecule has 2 aromatic carbocycles. The van der Waals surface area contributed by atoms with E-state index in [2.05, 4.69) is 15.9 Å². The highest BCUT2D eigenvalue weighted by atomic mass is 79.9. The fraction of sp³-hybridized carbons (Fsp3) is 0.158. The normalized spacial score (nSPS) is 10.7. The Morgan fingerprint density at radius 3 is 2.65 bits per heavy atom. The molecule has 3 rings (SSSR count). The number of para-hydroxylation sites is 1. The number of rotatable bonds is 6. The second-order valence-electron chi connectivity index (χ2n) is 5.50. The highest BCUT2D eigenvalue weighted by Gasteiger charge is 2.19. The van der Waals surface area contributed by atoms with Crippen LogP contribution in [0.15, 0.2) is 51.4 Å². The van der Waals surface area contributed by atoms with Gasteiger partial charge in [-0.15, -0.1) is 0 Å². The van der Waals surface area contributed by atoms with Crippen molar-refractivity contribution >= 4 is 38.7 Å². The molecule has 134 valence electrons. The average Bonchev–Trinajstić information content (AvgIpc) is 2.96. The summed E-state index contributed by atoms with van der Waals surface area (Å²) in [5.41, 5.74) is 1.30. The van der Waals surface area contributed by atoms with Crippen LogP contribution in [-0.2, 0) is 9.53 Å². The molecule has 3 aromatic rings. The summed E-state index contributed by atoms with van der Waals surface area (Å²) in [4.78, 5) is 24.0. The maximum absolute atomic E-state index is 13.0. The van der Waals surface area contributed by atoms with Crippen LogP contribution in [0.2, 0.25) is 0 Å². The van der Waals surface area contributed by atoms with Gasteiger partial charge in [-0.3, -0.25) is 4.79 Å². The molecule has 0 aliphatic heterocycles. The topological polar surface area (TPSA) is 65.7 Å². The van der Waals surface area contributed by atoms with Crippen LogP contribution in [0, 0.1) is 12.7 Å². The molecule has 0 fully saturated rings. The van der Waals surface area contributed by atoms with E-state index in [0.717, 1.165) is 5.39 Å². The molecule has 0 saturated carbocycles. The molecule has 1 heterocycles. The summed E-state index contributed by atoms with van der Waals surface area (Å²) in [6, 6.07) is 11.1. The largest absolute Gasteiger partial charge is 0.481 e. The zero-order chi connectivity index (χ0) is 18.7. The van der Waals surface area contributed by atoms with Gasteiger partial charge in [0.25, 0.3) is 0 Å². The highest BCUT2D eigenvalue weighted by Crippen LogP contribution is 2.26. The molecule has 26 heavy (non-hydrogen) atoms. The maximum atomic E-state index is 13.0. The van der Waals surface area contributed by atoms with E-state index in [-0.39, 0.29) is 5.76 Å². The predicted octanol–water partition coefficient (Wildman–Crippen LogP) is 4.45. The van der Waals surface area contributed by atoms with Gasteiger partial charge in [-0.25, -0.2) is 9.18 Å². The lowest BCUT2D eigenvalue weighted by Crippen LogP contribution is -2.19. The number of carbonyl (C=O) groups is 2. The fourth-order valence-electron chi connectivity index (χ4n) is 2.42. The smallest absolute Gasteiger partial charge is 0.344 e. The number of benzene rings is 2. The minimum absolute atomic E-state index is 0.168. The van der Waals surface area contributed by atoms with Gasteiger partial charge in [-0.1, -0.05) is 18.2 Å². The monoisotopic (exact) mass is 420 g/mol. The zero-order valence-electron chi connectivity index (χ0n) is 13.8. The molecule has 0 bridgehead atoms. The first-order valence-electron chi connectivity index (χ1n) is 7.70. The third-order valence-corrected chi connectivity index (χ3v) is 4.32. The maximum Gasteiger partial charge on any atom is 0.344 e. The van der Waals surface area contributed by atoms with Crippen LogP contribution in [0.4, 0.5) is 4.39 Å². The summed E-state index contributed by atoms with van der Waals surface area (Å²) in [6.45, 7) is 0.917. The van der Waals surface area contributed by atoms with E-state index >= 15 is 0 Å². The van der Waals surface area contributed by atoms with Crippen molar-refractivity contribution in [3.63, 3.8) is 0 Å². The van der Waals surface area contributed by atoms with Crippen molar-refractivity contribution in [2.75, 3.05) is 13.2 Å². The van der Waals surface area contributed by atoms with E-state index in [0.29, 0.717) is 21.4 Å². The van der Waals surface area contributed by atoms with Crippen molar-refractivity contribution in [3.8, 4) is 5.75 Å². The van der Waals surface area contributed by atoms with Gasteiger partial charge < -0.3 is 13.9 Å². The van der Waals surface area contributed by atoms with E-state index in [9.17, 15) is 14.0 Å². The number of carbonyl (C=O) groups excluding carboxylic acids is 2. The first-order valence-corrected chi connectivity index (χ1v) is 8.50. The van der Waals surface area contributed by atoms with Crippen LogP contribution in [0.5, 0.6) is 5.75 Å². The molecule has 0 atom stereocenters. The SMILES string of the molecule is Cc1c(C(=O)COC(=O)COc2ccc(F)cc2Br)oc2ccccc12. The van der Waals surface area contributed by atoms with Gasteiger partial charge in [0.05, 0.1) is 4.47 Å². The lowest BCUT2D eigenvalue weighted by molar-refractivity contribution is -0.144. The van der Waals surface area contributed by atoms with Gasteiger partial charge in [0.1, 0.15) is 17.1 Å². The van der Waals surface area contributed by atoms with Gasteiger partial charge in [-0.2, -0.15) is 0 Å². The second kappa shape index (κ2) is 7.70. The molecule has 0 radical (unpaired) electrons. The third kappa shape index (κ3) is 3.94.